The Bertz CT molecular complexity index is 596. The molecule has 0 atom stereocenters. The standard InChI is InChI=1S/C14H22ClN3O2S/c1-17(2)12-5-7-18(8-6-12)21(19,20)14-4-3-11(10-16)9-13(14)15/h3-4,9,12H,5-8,10,16H2,1-2H3. The van der Waals surface area contributed by atoms with Crippen LogP contribution in [0.1, 0.15) is 18.4 Å². The van der Waals surface area contributed by atoms with Crippen molar-refractivity contribution in [2.24, 2.45) is 5.73 Å². The second-order valence-electron chi connectivity index (χ2n) is 5.57. The van der Waals surface area contributed by atoms with E-state index in [0.29, 0.717) is 25.7 Å². The van der Waals surface area contributed by atoms with Crippen LogP contribution in [0, 0.1) is 0 Å². The summed E-state index contributed by atoms with van der Waals surface area (Å²) in [6.45, 7) is 1.40. The number of sulfonamides is 1. The summed E-state index contributed by atoms with van der Waals surface area (Å²) >= 11 is 6.12. The molecular weight excluding hydrogens is 310 g/mol. The van der Waals surface area contributed by atoms with Gasteiger partial charge in [-0.25, -0.2) is 8.42 Å². The number of hydrogen-bond donors (Lipinski definition) is 1. The van der Waals surface area contributed by atoms with E-state index in [-0.39, 0.29) is 9.92 Å². The summed E-state index contributed by atoms with van der Waals surface area (Å²) in [7, 11) is 0.525. The molecular formula is C14H22ClN3O2S. The summed E-state index contributed by atoms with van der Waals surface area (Å²) in [5.74, 6) is 0. The zero-order valence-electron chi connectivity index (χ0n) is 12.4. The summed E-state index contributed by atoms with van der Waals surface area (Å²) in [4.78, 5) is 2.32. The highest BCUT2D eigenvalue weighted by Gasteiger charge is 2.31. The molecule has 0 aliphatic carbocycles. The first-order valence-corrected chi connectivity index (χ1v) is 8.83. The quantitative estimate of drug-likeness (QED) is 0.908. The molecule has 1 aromatic rings. The highest BCUT2D eigenvalue weighted by atomic mass is 35.5. The minimum Gasteiger partial charge on any atom is -0.326 e. The Morgan fingerprint density at radius 2 is 1.95 bits per heavy atom. The molecule has 118 valence electrons. The van der Waals surface area contributed by atoms with Crippen molar-refractivity contribution in [3.8, 4) is 0 Å². The average molecular weight is 332 g/mol. The van der Waals surface area contributed by atoms with E-state index >= 15 is 0 Å². The van der Waals surface area contributed by atoms with E-state index in [1.165, 1.54) is 4.31 Å². The van der Waals surface area contributed by atoms with Crippen LogP contribution in [0.5, 0.6) is 0 Å². The van der Waals surface area contributed by atoms with Gasteiger partial charge in [0.25, 0.3) is 0 Å². The first-order valence-electron chi connectivity index (χ1n) is 7.01. The predicted octanol–water partition coefficient (Wildman–Crippen LogP) is 1.51. The van der Waals surface area contributed by atoms with Gasteiger partial charge in [-0.15, -0.1) is 0 Å². The normalized spacial score (nSPS) is 18.3. The van der Waals surface area contributed by atoms with Crippen LogP contribution in [-0.4, -0.2) is 50.8 Å². The van der Waals surface area contributed by atoms with E-state index in [2.05, 4.69) is 4.90 Å². The van der Waals surface area contributed by atoms with E-state index in [4.69, 9.17) is 17.3 Å². The van der Waals surface area contributed by atoms with Crippen molar-refractivity contribution >= 4 is 21.6 Å². The lowest BCUT2D eigenvalue weighted by Gasteiger charge is -2.34. The van der Waals surface area contributed by atoms with E-state index < -0.39 is 10.0 Å². The van der Waals surface area contributed by atoms with Gasteiger partial charge >= 0.3 is 0 Å². The van der Waals surface area contributed by atoms with Crippen LogP contribution >= 0.6 is 11.6 Å². The number of nitrogens with zero attached hydrogens (tertiary/aromatic N) is 2. The Balaban J connectivity index is 2.19. The summed E-state index contributed by atoms with van der Waals surface area (Å²) in [6, 6.07) is 5.33. The highest BCUT2D eigenvalue weighted by Crippen LogP contribution is 2.28. The van der Waals surface area contributed by atoms with Crippen LogP contribution < -0.4 is 5.73 Å². The third-order valence-electron chi connectivity index (χ3n) is 4.00. The molecule has 0 bridgehead atoms. The van der Waals surface area contributed by atoms with Crippen molar-refractivity contribution in [2.75, 3.05) is 27.2 Å². The summed E-state index contributed by atoms with van der Waals surface area (Å²) in [5, 5.41) is 0.243. The van der Waals surface area contributed by atoms with Gasteiger partial charge in [0.05, 0.1) is 5.02 Å². The van der Waals surface area contributed by atoms with Gasteiger partial charge in [0.1, 0.15) is 4.90 Å². The molecule has 1 aliphatic heterocycles. The first-order chi connectivity index (χ1) is 9.86. The van der Waals surface area contributed by atoms with Crippen LogP contribution in [-0.2, 0) is 16.6 Å². The lowest BCUT2D eigenvalue weighted by molar-refractivity contribution is 0.196. The van der Waals surface area contributed by atoms with Gasteiger partial charge in [0, 0.05) is 25.7 Å². The SMILES string of the molecule is CN(C)C1CCN(S(=O)(=O)c2ccc(CN)cc2Cl)CC1. The molecule has 0 radical (unpaired) electrons. The topological polar surface area (TPSA) is 66.6 Å². The summed E-state index contributed by atoms with van der Waals surface area (Å²) in [5.41, 5.74) is 6.37. The molecule has 0 saturated carbocycles. The molecule has 5 nitrogen and oxygen atoms in total. The Labute approximate surface area is 131 Å². The molecule has 1 aromatic carbocycles. The maximum Gasteiger partial charge on any atom is 0.244 e. The maximum atomic E-state index is 12.7. The lowest BCUT2D eigenvalue weighted by atomic mass is 10.1. The fourth-order valence-electron chi connectivity index (χ4n) is 2.62. The average Bonchev–Trinajstić information content (AvgIpc) is 2.46. The van der Waals surface area contributed by atoms with Crippen LogP contribution in [0.15, 0.2) is 23.1 Å². The van der Waals surface area contributed by atoms with Crippen molar-refractivity contribution < 1.29 is 8.42 Å². The second kappa shape index (κ2) is 6.62. The number of piperidine rings is 1. The number of rotatable bonds is 4. The second-order valence-corrected chi connectivity index (χ2v) is 7.88. The first kappa shape index (κ1) is 16.7. The fourth-order valence-corrected chi connectivity index (χ4v) is 4.63. The maximum absolute atomic E-state index is 12.7. The van der Waals surface area contributed by atoms with Gasteiger partial charge in [0.15, 0.2) is 0 Å². The van der Waals surface area contributed by atoms with Gasteiger partial charge in [-0.2, -0.15) is 4.31 Å². The third-order valence-corrected chi connectivity index (χ3v) is 6.39. The van der Waals surface area contributed by atoms with Gasteiger partial charge < -0.3 is 10.6 Å². The Morgan fingerprint density at radius 1 is 1.33 bits per heavy atom. The predicted molar refractivity (Wildman–Crippen MR) is 84.8 cm³/mol. The summed E-state index contributed by atoms with van der Waals surface area (Å²) in [6.07, 6.45) is 1.68. The van der Waals surface area contributed by atoms with Gasteiger partial charge in [-0.1, -0.05) is 17.7 Å². The molecule has 0 unspecified atom stereocenters. The van der Waals surface area contributed by atoms with Gasteiger partial charge in [0.2, 0.25) is 10.0 Å². The minimum atomic E-state index is -3.52. The van der Waals surface area contributed by atoms with Crippen LogP contribution in [0.25, 0.3) is 0 Å². The van der Waals surface area contributed by atoms with Crippen LogP contribution in [0.2, 0.25) is 5.02 Å². The molecule has 2 N–H and O–H groups in total. The molecule has 0 aromatic heterocycles. The summed E-state index contributed by atoms with van der Waals surface area (Å²) < 4.78 is 26.9. The van der Waals surface area contributed by atoms with Crippen LogP contribution in [0.4, 0.5) is 0 Å². The van der Waals surface area contributed by atoms with Crippen molar-refractivity contribution in [3.05, 3.63) is 28.8 Å². The van der Waals surface area contributed by atoms with E-state index in [1.54, 1.807) is 18.2 Å². The number of nitrogens with two attached hydrogens (primary N) is 1. The highest BCUT2D eigenvalue weighted by molar-refractivity contribution is 7.89. The molecule has 1 saturated heterocycles. The molecule has 21 heavy (non-hydrogen) atoms. The van der Waals surface area contributed by atoms with Gasteiger partial charge in [-0.05, 0) is 44.6 Å². The number of halogens is 1. The number of hydrogen-bond acceptors (Lipinski definition) is 4. The fraction of sp³-hybridized carbons (Fsp3) is 0.571. The molecule has 1 fully saturated rings. The van der Waals surface area contributed by atoms with Crippen molar-refractivity contribution in [1.29, 1.82) is 0 Å². The zero-order valence-corrected chi connectivity index (χ0v) is 14.0. The Morgan fingerprint density at radius 3 is 2.43 bits per heavy atom. The Kier molecular flexibility index (Phi) is 5.27. The Hall–Kier alpha value is -0.660. The minimum absolute atomic E-state index is 0.171. The van der Waals surface area contributed by atoms with Crippen molar-refractivity contribution in [1.82, 2.24) is 9.21 Å². The van der Waals surface area contributed by atoms with E-state index in [0.717, 1.165) is 18.4 Å². The van der Waals surface area contributed by atoms with E-state index in [9.17, 15) is 8.42 Å². The van der Waals surface area contributed by atoms with Crippen molar-refractivity contribution in [2.45, 2.75) is 30.3 Å². The van der Waals surface area contributed by atoms with Crippen molar-refractivity contribution in [3.63, 3.8) is 0 Å². The molecule has 0 amide bonds. The largest absolute Gasteiger partial charge is 0.326 e. The molecule has 1 aliphatic rings. The molecule has 1 heterocycles. The molecule has 0 spiro atoms. The number of benzene rings is 1. The molecule has 2 rings (SSSR count). The lowest BCUT2D eigenvalue weighted by Crippen LogP contribution is -2.44. The molecule has 7 heteroatoms. The van der Waals surface area contributed by atoms with Gasteiger partial charge in [-0.3, -0.25) is 0 Å². The zero-order chi connectivity index (χ0) is 15.6. The third kappa shape index (κ3) is 3.57. The smallest absolute Gasteiger partial charge is 0.244 e. The van der Waals surface area contributed by atoms with E-state index in [1.807, 2.05) is 14.1 Å². The monoisotopic (exact) mass is 331 g/mol. The van der Waals surface area contributed by atoms with Crippen LogP contribution in [0.3, 0.4) is 0 Å².